The Bertz CT molecular complexity index is 1040. The Hall–Kier alpha value is -2.94. The molecule has 1 unspecified atom stereocenters. The zero-order valence-corrected chi connectivity index (χ0v) is 22.1. The van der Waals surface area contributed by atoms with Crippen molar-refractivity contribution in [2.45, 2.75) is 79.1 Å². The third-order valence-corrected chi connectivity index (χ3v) is 7.02. The van der Waals surface area contributed by atoms with E-state index in [1.165, 1.54) is 54.4 Å². The third-order valence-electron chi connectivity index (χ3n) is 7.02. The average Bonchev–Trinajstić information content (AvgIpc) is 3.40. The second kappa shape index (κ2) is 13.8. The average molecular weight is 470 g/mol. The first-order chi connectivity index (χ1) is 16.9. The Morgan fingerprint density at radius 1 is 1.06 bits per heavy atom. The topological polar surface area (TPSA) is 50.7 Å². The van der Waals surface area contributed by atoms with Crippen LogP contribution in [-0.2, 0) is 6.42 Å². The van der Waals surface area contributed by atoms with E-state index in [-0.39, 0.29) is 5.92 Å². The summed E-state index contributed by atoms with van der Waals surface area (Å²) in [5.74, 6) is 1.76. The molecule has 0 bridgehead atoms. The van der Waals surface area contributed by atoms with Gasteiger partial charge in [-0.25, -0.2) is 4.99 Å². The van der Waals surface area contributed by atoms with Crippen LogP contribution in [0.5, 0.6) is 0 Å². The van der Waals surface area contributed by atoms with Crippen LogP contribution in [0.15, 0.2) is 93.7 Å². The summed E-state index contributed by atoms with van der Waals surface area (Å²) in [6.45, 7) is 8.63. The summed E-state index contributed by atoms with van der Waals surface area (Å²) in [6.07, 6.45) is 24.7. The molecule has 186 valence electrons. The predicted molar refractivity (Wildman–Crippen MR) is 153 cm³/mol. The summed E-state index contributed by atoms with van der Waals surface area (Å²) in [7, 11) is 0. The maximum Gasteiger partial charge on any atom is 0.106 e. The number of hydrogen-bond donors (Lipinski definition) is 1. The van der Waals surface area contributed by atoms with Crippen LogP contribution in [0.25, 0.3) is 0 Å². The lowest BCUT2D eigenvalue weighted by molar-refractivity contribution is 0.385. The van der Waals surface area contributed by atoms with Gasteiger partial charge in [-0.3, -0.25) is 4.99 Å². The molecule has 3 nitrogen and oxygen atoms in total. The van der Waals surface area contributed by atoms with Crippen molar-refractivity contribution in [1.29, 1.82) is 0 Å². The van der Waals surface area contributed by atoms with Gasteiger partial charge in [0.1, 0.15) is 5.84 Å². The molecule has 4 rings (SSSR count). The molecule has 1 aromatic rings. The van der Waals surface area contributed by atoms with E-state index >= 15 is 0 Å². The van der Waals surface area contributed by atoms with Crippen LogP contribution in [0.2, 0.25) is 0 Å². The first kappa shape index (κ1) is 26.7. The molecule has 0 saturated heterocycles. The van der Waals surface area contributed by atoms with Gasteiger partial charge >= 0.3 is 0 Å². The minimum atomic E-state index is 0.0902. The largest absolute Gasteiger partial charge is 0.387 e. The molecule has 3 aliphatic carbocycles. The van der Waals surface area contributed by atoms with E-state index in [0.717, 1.165) is 36.6 Å². The number of nitrogens with zero attached hydrogens (tertiary/aromatic N) is 2. The van der Waals surface area contributed by atoms with Crippen molar-refractivity contribution in [2.24, 2.45) is 27.6 Å². The van der Waals surface area contributed by atoms with Crippen LogP contribution in [0, 0.1) is 18.8 Å². The van der Waals surface area contributed by atoms with Crippen molar-refractivity contribution in [2.75, 3.05) is 0 Å². The predicted octanol–water partition coefficient (Wildman–Crippen LogP) is 8.19. The zero-order valence-electron chi connectivity index (χ0n) is 22.1. The lowest BCUT2D eigenvalue weighted by atomic mass is 9.91. The Morgan fingerprint density at radius 3 is 2.43 bits per heavy atom. The Balaban J connectivity index is 0.000000420. The molecule has 1 aromatic carbocycles. The molecular formula is C32H43N3. The van der Waals surface area contributed by atoms with Gasteiger partial charge in [0, 0.05) is 29.9 Å². The number of aliphatic imine (C=N–C) groups is 2. The van der Waals surface area contributed by atoms with Gasteiger partial charge in [0.25, 0.3) is 0 Å². The fourth-order valence-electron chi connectivity index (χ4n) is 4.58. The number of allylic oxidation sites excluding steroid dienone is 8. The quantitative estimate of drug-likeness (QED) is 0.331. The standard InChI is InChI=1S/C25H29N3.C7H14/c1-18-10-13-21(14-11-18)7-6-16-27-25(26)23-15-12-19(2)24(17-23)28-20(3)22-8-4-5-9-22;1-7-5-3-2-4-6-7/h4,6,8-16,23H,5,7,17H2,1-3H3,(H2,26,27);7H,2-6H2,1H3/b16-6+,28-20?;. The van der Waals surface area contributed by atoms with Crippen LogP contribution in [0.1, 0.15) is 76.8 Å². The number of amidine groups is 1. The molecule has 1 atom stereocenters. The highest BCUT2D eigenvalue weighted by Gasteiger charge is 2.18. The molecule has 1 saturated carbocycles. The number of aryl methyl sites for hydroxylation is 1. The molecule has 35 heavy (non-hydrogen) atoms. The maximum absolute atomic E-state index is 6.26. The maximum atomic E-state index is 6.26. The van der Waals surface area contributed by atoms with Crippen molar-refractivity contribution in [3.63, 3.8) is 0 Å². The van der Waals surface area contributed by atoms with Gasteiger partial charge in [-0.05, 0) is 56.2 Å². The van der Waals surface area contributed by atoms with Crippen molar-refractivity contribution in [1.82, 2.24) is 0 Å². The van der Waals surface area contributed by atoms with Gasteiger partial charge in [0.15, 0.2) is 0 Å². The summed E-state index contributed by atoms with van der Waals surface area (Å²) in [4.78, 5) is 9.34. The molecule has 0 radical (unpaired) electrons. The molecule has 0 aromatic heterocycles. The molecule has 0 heterocycles. The lowest BCUT2D eigenvalue weighted by Crippen LogP contribution is -2.24. The van der Waals surface area contributed by atoms with E-state index in [2.05, 4.69) is 87.3 Å². The second-order valence-corrected chi connectivity index (χ2v) is 10.2. The molecule has 3 aliphatic rings. The first-order valence-electron chi connectivity index (χ1n) is 13.3. The molecule has 1 fully saturated rings. The summed E-state index contributed by atoms with van der Waals surface area (Å²) in [5, 5.41) is 0. The normalized spacial score (nSPS) is 21.4. The molecular weight excluding hydrogens is 426 g/mol. The van der Waals surface area contributed by atoms with Gasteiger partial charge in [0.05, 0.1) is 0 Å². The first-order valence-corrected chi connectivity index (χ1v) is 13.3. The summed E-state index contributed by atoms with van der Waals surface area (Å²) in [5.41, 5.74) is 13.4. The van der Waals surface area contributed by atoms with Crippen LogP contribution in [0.4, 0.5) is 0 Å². The second-order valence-electron chi connectivity index (χ2n) is 10.2. The van der Waals surface area contributed by atoms with E-state index in [0.29, 0.717) is 5.84 Å². The van der Waals surface area contributed by atoms with Crippen molar-refractivity contribution < 1.29 is 0 Å². The molecule has 3 heteroatoms. The minimum absolute atomic E-state index is 0.0902. The molecule has 0 amide bonds. The van der Waals surface area contributed by atoms with Gasteiger partial charge in [-0.15, -0.1) is 0 Å². The monoisotopic (exact) mass is 469 g/mol. The van der Waals surface area contributed by atoms with E-state index < -0.39 is 0 Å². The van der Waals surface area contributed by atoms with Gasteiger partial charge in [0.2, 0.25) is 0 Å². The van der Waals surface area contributed by atoms with E-state index in [4.69, 9.17) is 10.7 Å². The van der Waals surface area contributed by atoms with E-state index in [9.17, 15) is 0 Å². The third kappa shape index (κ3) is 8.98. The fraction of sp³-hybridized carbons (Fsp3) is 0.438. The van der Waals surface area contributed by atoms with Crippen molar-refractivity contribution >= 4 is 11.5 Å². The highest BCUT2D eigenvalue weighted by molar-refractivity contribution is 6.02. The Morgan fingerprint density at radius 2 is 1.80 bits per heavy atom. The number of hydrogen-bond acceptors (Lipinski definition) is 2. The summed E-state index contributed by atoms with van der Waals surface area (Å²) < 4.78 is 0. The van der Waals surface area contributed by atoms with Crippen molar-refractivity contribution in [3.05, 3.63) is 94.9 Å². The Labute approximate surface area is 213 Å². The van der Waals surface area contributed by atoms with Crippen molar-refractivity contribution in [3.8, 4) is 0 Å². The highest BCUT2D eigenvalue weighted by atomic mass is 14.9. The number of benzene rings is 1. The number of rotatable bonds is 6. The van der Waals surface area contributed by atoms with Crippen LogP contribution in [0.3, 0.4) is 0 Å². The summed E-state index contributed by atoms with van der Waals surface area (Å²) in [6, 6.07) is 8.55. The highest BCUT2D eigenvalue weighted by Crippen LogP contribution is 2.26. The lowest BCUT2D eigenvalue weighted by Gasteiger charge is -2.18. The molecule has 2 N–H and O–H groups in total. The minimum Gasteiger partial charge on any atom is -0.387 e. The number of nitrogens with two attached hydrogens (primary N) is 1. The van der Waals surface area contributed by atoms with Gasteiger partial charge in [-0.2, -0.15) is 0 Å². The van der Waals surface area contributed by atoms with Crippen LogP contribution < -0.4 is 5.73 Å². The Kier molecular flexibility index (Phi) is 10.5. The fourth-order valence-corrected chi connectivity index (χ4v) is 4.58. The molecule has 0 spiro atoms. The van der Waals surface area contributed by atoms with Crippen LogP contribution >= 0.6 is 0 Å². The van der Waals surface area contributed by atoms with Crippen LogP contribution in [-0.4, -0.2) is 11.5 Å². The van der Waals surface area contributed by atoms with Gasteiger partial charge < -0.3 is 5.73 Å². The smallest absolute Gasteiger partial charge is 0.106 e. The summed E-state index contributed by atoms with van der Waals surface area (Å²) >= 11 is 0. The zero-order chi connectivity index (χ0) is 25.0. The van der Waals surface area contributed by atoms with Gasteiger partial charge in [-0.1, -0.05) is 105 Å². The molecule has 0 aliphatic heterocycles. The SMILES string of the molecule is CC(=NC1=C(C)C=CC(C(N)=N/C=C/Cc2ccc(C)cc2)C1)C1=CCC=C1.CC1CCCCC1. The van der Waals surface area contributed by atoms with E-state index in [1.54, 1.807) is 0 Å². The van der Waals surface area contributed by atoms with E-state index in [1.807, 2.05) is 12.3 Å².